The molecule has 0 saturated carbocycles. The van der Waals surface area contributed by atoms with Gasteiger partial charge in [-0.1, -0.05) is 54.3 Å². The Labute approximate surface area is 192 Å². The van der Waals surface area contributed by atoms with Gasteiger partial charge < -0.3 is 4.74 Å². The van der Waals surface area contributed by atoms with Crippen molar-refractivity contribution in [1.82, 2.24) is 0 Å². The molecular weight excluding hydrogens is 451 g/mol. The van der Waals surface area contributed by atoms with Crippen LogP contribution < -0.4 is 9.64 Å². The first-order valence-electron chi connectivity index (χ1n) is 9.40. The number of nitro groups is 1. The third-order valence-corrected chi connectivity index (χ3v) is 5.87. The number of rotatable bonds is 6. The Morgan fingerprint density at radius 2 is 1.84 bits per heavy atom. The molecular formula is C23H15FN2O4S2. The van der Waals surface area contributed by atoms with E-state index in [-0.39, 0.29) is 24.0 Å². The van der Waals surface area contributed by atoms with E-state index in [2.05, 4.69) is 0 Å². The minimum absolute atomic E-state index is 0.119. The molecule has 0 unspecified atom stereocenters. The van der Waals surface area contributed by atoms with Crippen molar-refractivity contribution in [3.63, 3.8) is 0 Å². The molecule has 6 nitrogen and oxygen atoms in total. The third kappa shape index (κ3) is 4.84. The monoisotopic (exact) mass is 466 g/mol. The number of amides is 1. The number of carbonyl (C=O) groups excluding carboxylic acids is 1. The summed E-state index contributed by atoms with van der Waals surface area (Å²) in [4.78, 5) is 25.2. The van der Waals surface area contributed by atoms with Crippen LogP contribution in [0.2, 0.25) is 0 Å². The molecule has 0 atom stereocenters. The van der Waals surface area contributed by atoms with Gasteiger partial charge in [0.05, 0.1) is 15.5 Å². The third-order valence-electron chi connectivity index (χ3n) is 4.57. The number of non-ortho nitro benzene ring substituents is 1. The fourth-order valence-electron chi connectivity index (χ4n) is 3.03. The average Bonchev–Trinajstić information content (AvgIpc) is 3.06. The van der Waals surface area contributed by atoms with Crippen molar-refractivity contribution in [2.75, 3.05) is 4.90 Å². The molecule has 0 aliphatic carbocycles. The maximum Gasteiger partial charge on any atom is 0.271 e. The van der Waals surface area contributed by atoms with Gasteiger partial charge in [0.1, 0.15) is 18.2 Å². The van der Waals surface area contributed by atoms with E-state index in [0.717, 1.165) is 22.9 Å². The predicted molar refractivity (Wildman–Crippen MR) is 126 cm³/mol. The Morgan fingerprint density at radius 3 is 2.59 bits per heavy atom. The van der Waals surface area contributed by atoms with Crippen molar-refractivity contribution in [2.45, 2.75) is 6.61 Å². The number of ether oxygens (including phenoxy) is 1. The molecule has 3 aromatic rings. The zero-order valence-electron chi connectivity index (χ0n) is 16.4. The van der Waals surface area contributed by atoms with E-state index in [0.29, 0.717) is 20.7 Å². The second-order valence-corrected chi connectivity index (χ2v) is 8.46. The molecule has 0 spiro atoms. The summed E-state index contributed by atoms with van der Waals surface area (Å²) in [5, 5.41) is 11.1. The van der Waals surface area contributed by atoms with Gasteiger partial charge in [0.15, 0.2) is 4.32 Å². The molecule has 0 radical (unpaired) electrons. The van der Waals surface area contributed by atoms with E-state index < -0.39 is 4.92 Å². The topological polar surface area (TPSA) is 72.7 Å². The van der Waals surface area contributed by atoms with Gasteiger partial charge in [0.2, 0.25) is 0 Å². The molecule has 1 amide bonds. The highest BCUT2D eigenvalue weighted by Crippen LogP contribution is 2.37. The highest BCUT2D eigenvalue weighted by molar-refractivity contribution is 8.27. The zero-order valence-corrected chi connectivity index (χ0v) is 18.1. The van der Waals surface area contributed by atoms with Crippen molar-refractivity contribution in [3.8, 4) is 5.75 Å². The quantitative estimate of drug-likeness (QED) is 0.200. The number of carbonyl (C=O) groups is 1. The Hall–Kier alpha value is -3.56. The van der Waals surface area contributed by atoms with Crippen molar-refractivity contribution >= 4 is 51.7 Å². The summed E-state index contributed by atoms with van der Waals surface area (Å²) in [7, 11) is 0. The number of thioether (sulfide) groups is 1. The van der Waals surface area contributed by atoms with Gasteiger partial charge >= 0.3 is 0 Å². The molecule has 1 aliphatic rings. The Balaban J connectivity index is 1.51. The number of halogens is 1. The summed E-state index contributed by atoms with van der Waals surface area (Å²) in [6, 6.07) is 19.0. The van der Waals surface area contributed by atoms with Crippen LogP contribution in [0.15, 0.2) is 77.7 Å². The smallest absolute Gasteiger partial charge is 0.271 e. The highest BCUT2D eigenvalue weighted by atomic mass is 32.2. The Bertz CT molecular complexity index is 1240. The van der Waals surface area contributed by atoms with Crippen molar-refractivity contribution < 1.29 is 18.8 Å². The summed E-state index contributed by atoms with van der Waals surface area (Å²) < 4.78 is 19.1. The number of thiocarbonyl (C=S) groups is 1. The first-order valence-corrected chi connectivity index (χ1v) is 10.6. The van der Waals surface area contributed by atoms with Crippen molar-refractivity contribution in [3.05, 3.63) is 105 Å². The van der Waals surface area contributed by atoms with Gasteiger partial charge in [-0.15, -0.1) is 0 Å². The lowest BCUT2D eigenvalue weighted by atomic mass is 10.2. The minimum Gasteiger partial charge on any atom is -0.489 e. The normalized spacial score (nSPS) is 14.8. The Morgan fingerprint density at radius 1 is 1.09 bits per heavy atom. The van der Waals surface area contributed by atoms with Crippen LogP contribution >= 0.6 is 24.0 Å². The fourth-order valence-corrected chi connectivity index (χ4v) is 4.33. The predicted octanol–water partition coefficient (Wildman–Crippen LogP) is 5.72. The minimum atomic E-state index is -0.519. The van der Waals surface area contributed by atoms with Crippen LogP contribution in [0.25, 0.3) is 6.08 Å². The molecule has 4 rings (SSSR count). The van der Waals surface area contributed by atoms with Gasteiger partial charge in [0.25, 0.3) is 11.6 Å². The van der Waals surface area contributed by atoms with Crippen LogP contribution in [0, 0.1) is 15.9 Å². The van der Waals surface area contributed by atoms with Gasteiger partial charge in [-0.25, -0.2) is 4.39 Å². The van der Waals surface area contributed by atoms with Crippen molar-refractivity contribution in [2.24, 2.45) is 0 Å². The largest absolute Gasteiger partial charge is 0.489 e. The van der Waals surface area contributed by atoms with Crippen LogP contribution in [-0.4, -0.2) is 15.2 Å². The summed E-state index contributed by atoms with van der Waals surface area (Å²) in [5.41, 5.74) is 1.80. The molecule has 160 valence electrons. The molecule has 1 fully saturated rings. The van der Waals surface area contributed by atoms with Gasteiger partial charge in [-0.05, 0) is 47.5 Å². The van der Waals surface area contributed by atoms with Crippen LogP contribution in [-0.2, 0) is 11.4 Å². The number of nitro benzene ring substituents is 1. The molecule has 1 saturated heterocycles. The second-order valence-electron chi connectivity index (χ2n) is 6.78. The molecule has 1 heterocycles. The maximum atomic E-state index is 13.0. The van der Waals surface area contributed by atoms with Gasteiger partial charge in [-0.2, -0.15) is 0 Å². The first-order chi connectivity index (χ1) is 15.4. The molecule has 0 aromatic heterocycles. The molecule has 0 bridgehead atoms. The van der Waals surface area contributed by atoms with Crippen LogP contribution in [0.4, 0.5) is 15.8 Å². The fraction of sp³-hybridized carbons (Fsp3) is 0.0435. The average molecular weight is 467 g/mol. The van der Waals surface area contributed by atoms with Gasteiger partial charge in [-0.3, -0.25) is 19.8 Å². The maximum absolute atomic E-state index is 13.0. The van der Waals surface area contributed by atoms with Crippen LogP contribution in [0.5, 0.6) is 5.75 Å². The van der Waals surface area contributed by atoms with Crippen molar-refractivity contribution in [1.29, 1.82) is 0 Å². The number of hydrogen-bond acceptors (Lipinski definition) is 6. The number of anilines is 1. The van der Waals surface area contributed by atoms with E-state index in [9.17, 15) is 19.3 Å². The van der Waals surface area contributed by atoms with E-state index in [1.807, 2.05) is 6.07 Å². The molecule has 3 aromatic carbocycles. The number of benzene rings is 3. The summed E-state index contributed by atoms with van der Waals surface area (Å²) in [5.74, 6) is -0.0615. The number of hydrogen-bond donors (Lipinski definition) is 0. The molecule has 32 heavy (non-hydrogen) atoms. The molecule has 9 heteroatoms. The Kier molecular flexibility index (Phi) is 6.29. The summed E-state index contributed by atoms with van der Waals surface area (Å²) in [6.45, 7) is 0.276. The molecule has 1 aliphatic heterocycles. The van der Waals surface area contributed by atoms with E-state index in [1.165, 1.54) is 35.2 Å². The SMILES string of the molecule is O=C1/C(=C\c2cccc(OCc3ccc(F)cc3)c2)SC(=S)N1c1cccc([N+](=O)[O-])c1. The lowest BCUT2D eigenvalue weighted by Gasteiger charge is -2.14. The summed E-state index contributed by atoms with van der Waals surface area (Å²) >= 11 is 6.46. The first kappa shape index (κ1) is 21.7. The zero-order chi connectivity index (χ0) is 22.7. The van der Waals surface area contributed by atoms with Crippen LogP contribution in [0.1, 0.15) is 11.1 Å². The number of nitrogens with zero attached hydrogens (tertiary/aromatic N) is 2. The van der Waals surface area contributed by atoms with Gasteiger partial charge in [0, 0.05) is 12.1 Å². The van der Waals surface area contributed by atoms with E-state index in [1.54, 1.807) is 42.5 Å². The van der Waals surface area contributed by atoms with E-state index in [4.69, 9.17) is 17.0 Å². The lowest BCUT2D eigenvalue weighted by Crippen LogP contribution is -2.27. The van der Waals surface area contributed by atoms with Crippen LogP contribution in [0.3, 0.4) is 0 Å². The highest BCUT2D eigenvalue weighted by Gasteiger charge is 2.33. The standard InChI is InChI=1S/C23H15FN2O4S2/c24-17-9-7-15(8-10-17)14-30-20-6-1-3-16(11-20)12-21-22(27)25(23(31)32-21)18-4-2-5-19(13-18)26(28)29/h1-13H,14H2/b21-12+. The van der Waals surface area contributed by atoms with E-state index >= 15 is 0 Å². The second kappa shape index (κ2) is 9.29. The lowest BCUT2D eigenvalue weighted by molar-refractivity contribution is -0.384. The summed E-state index contributed by atoms with van der Waals surface area (Å²) in [6.07, 6.45) is 1.70. The molecule has 0 N–H and O–H groups in total.